The van der Waals surface area contributed by atoms with E-state index in [1.54, 1.807) is 0 Å². The van der Waals surface area contributed by atoms with Crippen LogP contribution >= 0.6 is 0 Å². The monoisotopic (exact) mass is 283 g/mol. The Balaban J connectivity index is 1.93. The van der Waals surface area contributed by atoms with Crippen molar-refractivity contribution in [3.63, 3.8) is 0 Å². The molecular weight excluding hydrogens is 272 g/mol. The lowest BCUT2D eigenvalue weighted by Crippen LogP contribution is -2.46. The van der Waals surface area contributed by atoms with E-state index < -0.39 is 29.0 Å². The molecule has 3 rings (SSSR count). The van der Waals surface area contributed by atoms with Crippen LogP contribution in [-0.2, 0) is 4.74 Å². The van der Waals surface area contributed by atoms with E-state index in [-0.39, 0.29) is 24.3 Å². The number of aliphatic hydroxyl groups is 1. The van der Waals surface area contributed by atoms with Gasteiger partial charge in [0.15, 0.2) is 11.6 Å². The second-order valence-electron chi connectivity index (χ2n) is 5.04. The Bertz CT molecular complexity index is 570. The summed E-state index contributed by atoms with van der Waals surface area (Å²) in [4.78, 5) is 24.9. The third-order valence-electron chi connectivity index (χ3n) is 3.55. The highest BCUT2D eigenvalue weighted by atomic mass is 19.2. The van der Waals surface area contributed by atoms with Gasteiger partial charge in [0.1, 0.15) is 5.60 Å². The van der Waals surface area contributed by atoms with Crippen molar-refractivity contribution in [2.45, 2.75) is 12.0 Å². The molecule has 1 unspecified atom stereocenters. The first-order valence-electron chi connectivity index (χ1n) is 6.07. The van der Waals surface area contributed by atoms with Gasteiger partial charge in [-0.25, -0.2) is 8.78 Å². The van der Waals surface area contributed by atoms with Crippen LogP contribution in [0.3, 0.4) is 0 Å². The van der Waals surface area contributed by atoms with E-state index >= 15 is 0 Å². The first kappa shape index (κ1) is 13.1. The summed E-state index contributed by atoms with van der Waals surface area (Å²) in [5, 5.41) is 10.2. The van der Waals surface area contributed by atoms with Crippen LogP contribution in [0.5, 0.6) is 0 Å². The van der Waals surface area contributed by atoms with Crippen LogP contribution in [0, 0.1) is 11.6 Å². The summed E-state index contributed by atoms with van der Waals surface area (Å²) in [6, 6.07) is 1.42. The Kier molecular flexibility index (Phi) is 2.84. The van der Waals surface area contributed by atoms with Crippen molar-refractivity contribution in [1.82, 2.24) is 4.90 Å². The lowest BCUT2D eigenvalue weighted by molar-refractivity contribution is 0.00112. The number of amides is 2. The molecule has 7 heteroatoms. The van der Waals surface area contributed by atoms with Crippen LogP contribution < -0.4 is 0 Å². The molecular formula is C13H11F2NO4. The number of β-amino-alcohol motifs (C(OH)–C–C–N with tert-alkyl or cyclic N) is 1. The highest BCUT2D eigenvalue weighted by molar-refractivity contribution is 6.21. The number of ether oxygens (including phenoxy) is 1. The van der Waals surface area contributed by atoms with Crippen molar-refractivity contribution in [2.75, 3.05) is 19.8 Å². The first-order valence-corrected chi connectivity index (χ1v) is 6.07. The van der Waals surface area contributed by atoms with Crippen molar-refractivity contribution in [3.05, 3.63) is 34.9 Å². The minimum absolute atomic E-state index is 0.0170. The quantitative estimate of drug-likeness (QED) is 0.812. The smallest absolute Gasteiger partial charge is 0.261 e. The number of imide groups is 1. The lowest BCUT2D eigenvalue weighted by atomic mass is 10.0. The van der Waals surface area contributed by atoms with Crippen LogP contribution in [0.1, 0.15) is 27.1 Å². The van der Waals surface area contributed by atoms with E-state index in [9.17, 15) is 23.5 Å². The average Bonchev–Trinajstić information content (AvgIpc) is 2.91. The summed E-state index contributed by atoms with van der Waals surface area (Å²) in [6.45, 7) is 0.106. The first-order chi connectivity index (χ1) is 9.41. The van der Waals surface area contributed by atoms with Crippen molar-refractivity contribution >= 4 is 11.8 Å². The number of benzene rings is 1. The van der Waals surface area contributed by atoms with Gasteiger partial charge in [0.05, 0.1) is 24.3 Å². The van der Waals surface area contributed by atoms with Gasteiger partial charge in [0.2, 0.25) is 0 Å². The molecule has 2 amide bonds. The summed E-state index contributed by atoms with van der Waals surface area (Å²) in [6.07, 6.45) is 0.295. The Morgan fingerprint density at radius 2 is 1.75 bits per heavy atom. The number of hydrogen-bond donors (Lipinski definition) is 1. The molecule has 106 valence electrons. The fourth-order valence-electron chi connectivity index (χ4n) is 2.44. The summed E-state index contributed by atoms with van der Waals surface area (Å²) in [7, 11) is 0. The van der Waals surface area contributed by atoms with Crippen molar-refractivity contribution in [3.8, 4) is 0 Å². The molecule has 0 radical (unpaired) electrons. The van der Waals surface area contributed by atoms with Gasteiger partial charge in [-0.1, -0.05) is 0 Å². The summed E-state index contributed by atoms with van der Waals surface area (Å²) in [5.74, 6) is -3.84. The number of hydrogen-bond acceptors (Lipinski definition) is 4. The maximum atomic E-state index is 13.2. The van der Waals surface area contributed by atoms with Crippen molar-refractivity contribution in [1.29, 1.82) is 0 Å². The minimum atomic E-state index is -1.30. The van der Waals surface area contributed by atoms with Gasteiger partial charge in [0, 0.05) is 13.0 Å². The number of rotatable bonds is 2. The van der Waals surface area contributed by atoms with Gasteiger partial charge < -0.3 is 9.84 Å². The standard InChI is InChI=1S/C13H11F2NO4/c14-9-3-7-8(4-10(9)15)12(18)16(11(7)17)5-13(19)1-2-20-6-13/h3-4,19H,1-2,5-6H2. The maximum absolute atomic E-state index is 13.2. The Morgan fingerprint density at radius 1 is 1.20 bits per heavy atom. The second-order valence-corrected chi connectivity index (χ2v) is 5.04. The molecule has 0 aromatic heterocycles. The average molecular weight is 283 g/mol. The molecule has 0 bridgehead atoms. The van der Waals surface area contributed by atoms with E-state index in [1.165, 1.54) is 0 Å². The molecule has 1 aromatic carbocycles. The molecule has 0 spiro atoms. The van der Waals surface area contributed by atoms with Gasteiger partial charge in [-0.3, -0.25) is 14.5 Å². The molecule has 2 aliphatic rings. The van der Waals surface area contributed by atoms with E-state index in [2.05, 4.69) is 0 Å². The topological polar surface area (TPSA) is 66.8 Å². The van der Waals surface area contributed by atoms with Crippen LogP contribution in [-0.4, -0.2) is 47.2 Å². The second kappa shape index (κ2) is 4.32. The van der Waals surface area contributed by atoms with Gasteiger partial charge in [-0.2, -0.15) is 0 Å². The number of carbonyl (C=O) groups is 2. The Morgan fingerprint density at radius 3 is 2.20 bits per heavy atom. The molecule has 2 heterocycles. The number of carbonyl (C=O) groups excluding carboxylic acids is 2. The molecule has 1 fully saturated rings. The van der Waals surface area contributed by atoms with Gasteiger partial charge >= 0.3 is 0 Å². The van der Waals surface area contributed by atoms with Crippen molar-refractivity contribution in [2.24, 2.45) is 0 Å². The van der Waals surface area contributed by atoms with Crippen molar-refractivity contribution < 1.29 is 28.2 Å². The van der Waals surface area contributed by atoms with E-state index in [0.29, 0.717) is 25.2 Å². The molecule has 2 aliphatic heterocycles. The van der Waals surface area contributed by atoms with E-state index in [4.69, 9.17) is 4.74 Å². The number of nitrogens with zero attached hydrogens (tertiary/aromatic N) is 1. The summed E-state index contributed by atoms with van der Waals surface area (Å²) < 4.78 is 31.3. The third-order valence-corrected chi connectivity index (χ3v) is 3.55. The number of fused-ring (bicyclic) bond motifs is 1. The minimum Gasteiger partial charge on any atom is -0.386 e. The Labute approximate surface area is 112 Å². The predicted molar refractivity (Wildman–Crippen MR) is 62.1 cm³/mol. The van der Waals surface area contributed by atoms with Gasteiger partial charge in [-0.15, -0.1) is 0 Å². The highest BCUT2D eigenvalue weighted by Gasteiger charge is 2.43. The molecule has 1 N–H and O–H groups in total. The van der Waals surface area contributed by atoms with Gasteiger partial charge in [-0.05, 0) is 12.1 Å². The largest absolute Gasteiger partial charge is 0.386 e. The zero-order valence-electron chi connectivity index (χ0n) is 10.4. The fourth-order valence-corrected chi connectivity index (χ4v) is 2.44. The molecule has 1 aromatic rings. The van der Waals surface area contributed by atoms with Crippen LogP contribution in [0.15, 0.2) is 12.1 Å². The van der Waals surface area contributed by atoms with Gasteiger partial charge in [0.25, 0.3) is 11.8 Å². The SMILES string of the molecule is O=C1c2cc(F)c(F)cc2C(=O)N1CC1(O)CCOC1. The third kappa shape index (κ3) is 1.90. The van der Waals surface area contributed by atoms with Crippen LogP contribution in [0.2, 0.25) is 0 Å². The van der Waals surface area contributed by atoms with E-state index in [1.807, 2.05) is 0 Å². The predicted octanol–water partition coefficient (Wildman–Crippen LogP) is 0.712. The maximum Gasteiger partial charge on any atom is 0.261 e. The normalized spacial score (nSPS) is 25.4. The zero-order chi connectivity index (χ0) is 14.5. The highest BCUT2D eigenvalue weighted by Crippen LogP contribution is 2.28. The Hall–Kier alpha value is -1.86. The molecule has 5 nitrogen and oxygen atoms in total. The molecule has 0 aliphatic carbocycles. The number of halogens is 2. The summed E-state index contributed by atoms with van der Waals surface area (Å²) >= 11 is 0. The fraction of sp³-hybridized carbons (Fsp3) is 0.385. The lowest BCUT2D eigenvalue weighted by Gasteiger charge is -2.25. The molecule has 1 saturated heterocycles. The molecule has 1 atom stereocenters. The van der Waals surface area contributed by atoms with E-state index in [0.717, 1.165) is 4.90 Å². The molecule has 20 heavy (non-hydrogen) atoms. The molecule has 0 saturated carbocycles. The summed E-state index contributed by atoms with van der Waals surface area (Å²) in [5.41, 5.74) is -1.67. The van der Waals surface area contributed by atoms with Crippen LogP contribution in [0.25, 0.3) is 0 Å². The zero-order valence-corrected chi connectivity index (χ0v) is 10.4. The van der Waals surface area contributed by atoms with Crippen LogP contribution in [0.4, 0.5) is 8.78 Å².